The van der Waals surface area contributed by atoms with Gasteiger partial charge in [-0.25, -0.2) is 0 Å². The molecule has 0 bridgehead atoms. The molecule has 136 valence electrons. The Morgan fingerprint density at radius 3 is 2.19 bits per heavy atom. The third kappa shape index (κ3) is 5.09. The third-order valence-corrected chi connectivity index (χ3v) is 4.42. The Labute approximate surface area is 154 Å². The summed E-state index contributed by atoms with van der Waals surface area (Å²) in [5.41, 5.74) is 1.31. The van der Waals surface area contributed by atoms with Gasteiger partial charge >= 0.3 is 0 Å². The summed E-state index contributed by atoms with van der Waals surface area (Å²) in [7, 11) is 0. The highest BCUT2D eigenvalue weighted by Gasteiger charge is 2.17. The van der Waals surface area contributed by atoms with E-state index in [1.165, 1.54) is 12.8 Å². The SMILES string of the molecule is O=C(COc1ccccc1)Nc1ccc(C(=O)N2CCCCCC2)cc1. The summed E-state index contributed by atoms with van der Waals surface area (Å²) < 4.78 is 5.42. The maximum Gasteiger partial charge on any atom is 0.262 e. The van der Waals surface area contributed by atoms with Crippen LogP contribution in [0.1, 0.15) is 36.0 Å². The van der Waals surface area contributed by atoms with Crippen molar-refractivity contribution in [1.82, 2.24) is 4.90 Å². The fraction of sp³-hybridized carbons (Fsp3) is 0.333. The van der Waals surface area contributed by atoms with Crippen LogP contribution >= 0.6 is 0 Å². The van der Waals surface area contributed by atoms with E-state index in [1.54, 1.807) is 36.4 Å². The minimum absolute atomic E-state index is 0.0571. The van der Waals surface area contributed by atoms with Crippen molar-refractivity contribution in [3.8, 4) is 5.75 Å². The molecule has 2 aromatic rings. The number of para-hydroxylation sites is 1. The highest BCUT2D eigenvalue weighted by atomic mass is 16.5. The summed E-state index contributed by atoms with van der Waals surface area (Å²) in [4.78, 5) is 26.5. The number of hydrogen-bond donors (Lipinski definition) is 1. The lowest BCUT2D eigenvalue weighted by Crippen LogP contribution is -2.31. The van der Waals surface area contributed by atoms with Gasteiger partial charge in [-0.05, 0) is 49.2 Å². The average molecular weight is 352 g/mol. The van der Waals surface area contributed by atoms with E-state index in [1.807, 2.05) is 23.1 Å². The second kappa shape index (κ2) is 9.04. The standard InChI is InChI=1S/C21H24N2O3/c24-20(16-26-19-8-4-3-5-9-19)22-18-12-10-17(11-13-18)21(25)23-14-6-1-2-7-15-23/h3-5,8-13H,1-2,6-7,14-16H2,(H,22,24). The van der Waals surface area contributed by atoms with Crippen molar-refractivity contribution < 1.29 is 14.3 Å². The first-order chi connectivity index (χ1) is 12.7. The number of carbonyl (C=O) groups excluding carboxylic acids is 2. The van der Waals surface area contributed by atoms with Gasteiger partial charge in [-0.2, -0.15) is 0 Å². The number of benzene rings is 2. The van der Waals surface area contributed by atoms with Gasteiger partial charge in [0, 0.05) is 24.3 Å². The molecule has 0 aromatic heterocycles. The van der Waals surface area contributed by atoms with Crippen molar-refractivity contribution in [3.63, 3.8) is 0 Å². The first-order valence-electron chi connectivity index (χ1n) is 9.09. The van der Waals surface area contributed by atoms with Crippen LogP contribution in [0, 0.1) is 0 Å². The third-order valence-electron chi connectivity index (χ3n) is 4.42. The molecular formula is C21H24N2O3. The van der Waals surface area contributed by atoms with Crippen LogP contribution in [0.4, 0.5) is 5.69 Å². The number of nitrogens with zero attached hydrogens (tertiary/aromatic N) is 1. The zero-order valence-electron chi connectivity index (χ0n) is 14.8. The van der Waals surface area contributed by atoms with E-state index < -0.39 is 0 Å². The quantitative estimate of drug-likeness (QED) is 0.892. The summed E-state index contributed by atoms with van der Waals surface area (Å²) in [5, 5.41) is 2.78. The van der Waals surface area contributed by atoms with Crippen LogP contribution in [-0.2, 0) is 4.79 Å². The molecule has 1 N–H and O–H groups in total. The van der Waals surface area contributed by atoms with E-state index in [-0.39, 0.29) is 18.4 Å². The van der Waals surface area contributed by atoms with Crippen molar-refractivity contribution in [2.24, 2.45) is 0 Å². The zero-order chi connectivity index (χ0) is 18.2. The maximum absolute atomic E-state index is 12.6. The Hall–Kier alpha value is -2.82. The molecule has 1 aliphatic heterocycles. The molecule has 3 rings (SSSR count). The van der Waals surface area contributed by atoms with E-state index in [0.29, 0.717) is 17.0 Å². The first-order valence-corrected chi connectivity index (χ1v) is 9.09. The fourth-order valence-electron chi connectivity index (χ4n) is 3.02. The van der Waals surface area contributed by atoms with Gasteiger partial charge in [0.05, 0.1) is 0 Å². The number of nitrogens with one attached hydrogen (secondary N) is 1. The lowest BCUT2D eigenvalue weighted by Gasteiger charge is -2.20. The Morgan fingerprint density at radius 2 is 1.54 bits per heavy atom. The molecule has 0 radical (unpaired) electrons. The van der Waals surface area contributed by atoms with Crippen molar-refractivity contribution >= 4 is 17.5 Å². The lowest BCUT2D eigenvalue weighted by molar-refractivity contribution is -0.118. The second-order valence-corrected chi connectivity index (χ2v) is 6.43. The first kappa shape index (κ1) is 18.0. The summed E-state index contributed by atoms with van der Waals surface area (Å²) in [6, 6.07) is 16.2. The second-order valence-electron chi connectivity index (χ2n) is 6.43. The van der Waals surface area contributed by atoms with E-state index in [0.717, 1.165) is 25.9 Å². The lowest BCUT2D eigenvalue weighted by atomic mass is 10.1. The van der Waals surface area contributed by atoms with Crippen molar-refractivity contribution in [3.05, 3.63) is 60.2 Å². The number of amides is 2. The Balaban J connectivity index is 1.52. The summed E-state index contributed by atoms with van der Waals surface area (Å²) in [6.07, 6.45) is 4.53. The van der Waals surface area contributed by atoms with E-state index in [2.05, 4.69) is 5.32 Å². The summed E-state index contributed by atoms with van der Waals surface area (Å²) in [6.45, 7) is 1.60. The fourth-order valence-corrected chi connectivity index (χ4v) is 3.02. The normalized spacial score (nSPS) is 14.4. The van der Waals surface area contributed by atoms with Gasteiger partial charge in [0.2, 0.25) is 0 Å². The minimum Gasteiger partial charge on any atom is -0.484 e. The molecule has 2 aromatic carbocycles. The molecule has 0 spiro atoms. The van der Waals surface area contributed by atoms with Crippen LogP contribution in [0.15, 0.2) is 54.6 Å². The molecule has 1 saturated heterocycles. The highest BCUT2D eigenvalue weighted by Crippen LogP contribution is 2.16. The van der Waals surface area contributed by atoms with E-state index >= 15 is 0 Å². The maximum atomic E-state index is 12.6. The van der Waals surface area contributed by atoms with Gasteiger partial charge in [-0.15, -0.1) is 0 Å². The topological polar surface area (TPSA) is 58.6 Å². The van der Waals surface area contributed by atoms with E-state index in [4.69, 9.17) is 4.74 Å². The van der Waals surface area contributed by atoms with Crippen LogP contribution < -0.4 is 10.1 Å². The van der Waals surface area contributed by atoms with Crippen LogP contribution in [0.2, 0.25) is 0 Å². The number of hydrogen-bond acceptors (Lipinski definition) is 3. The van der Waals surface area contributed by atoms with Crippen molar-refractivity contribution in [1.29, 1.82) is 0 Å². The molecule has 0 atom stereocenters. The van der Waals surface area contributed by atoms with Crippen molar-refractivity contribution in [2.45, 2.75) is 25.7 Å². The minimum atomic E-state index is -0.236. The molecule has 2 amide bonds. The average Bonchev–Trinajstić information content (AvgIpc) is 2.97. The molecule has 0 unspecified atom stereocenters. The number of likely N-dealkylation sites (tertiary alicyclic amines) is 1. The van der Waals surface area contributed by atoms with Crippen molar-refractivity contribution in [2.75, 3.05) is 25.0 Å². The predicted octanol–water partition coefficient (Wildman–Crippen LogP) is 3.72. The highest BCUT2D eigenvalue weighted by molar-refractivity contribution is 5.96. The number of ether oxygens (including phenoxy) is 1. The number of rotatable bonds is 5. The Bertz CT molecular complexity index is 721. The van der Waals surface area contributed by atoms with Crippen LogP contribution in [0.5, 0.6) is 5.75 Å². The monoisotopic (exact) mass is 352 g/mol. The van der Waals surface area contributed by atoms with Gasteiger partial charge in [-0.1, -0.05) is 31.0 Å². The molecular weight excluding hydrogens is 328 g/mol. The van der Waals surface area contributed by atoms with Gasteiger partial charge < -0.3 is 15.0 Å². The van der Waals surface area contributed by atoms with Gasteiger partial charge in [-0.3, -0.25) is 9.59 Å². The molecule has 1 heterocycles. The van der Waals surface area contributed by atoms with E-state index in [9.17, 15) is 9.59 Å². The predicted molar refractivity (Wildman–Crippen MR) is 101 cm³/mol. The van der Waals surface area contributed by atoms with Gasteiger partial charge in [0.25, 0.3) is 11.8 Å². The molecule has 26 heavy (non-hydrogen) atoms. The Morgan fingerprint density at radius 1 is 0.885 bits per heavy atom. The van der Waals surface area contributed by atoms with Crippen LogP contribution in [0.25, 0.3) is 0 Å². The molecule has 5 heteroatoms. The molecule has 0 saturated carbocycles. The van der Waals surface area contributed by atoms with Crippen LogP contribution in [-0.4, -0.2) is 36.4 Å². The number of carbonyl (C=O) groups is 2. The van der Waals surface area contributed by atoms with Crippen LogP contribution in [0.3, 0.4) is 0 Å². The molecule has 5 nitrogen and oxygen atoms in total. The zero-order valence-corrected chi connectivity index (χ0v) is 14.8. The smallest absolute Gasteiger partial charge is 0.262 e. The largest absolute Gasteiger partial charge is 0.484 e. The molecule has 1 fully saturated rings. The Kier molecular flexibility index (Phi) is 6.25. The summed E-state index contributed by atoms with van der Waals surface area (Å²) >= 11 is 0. The number of anilines is 1. The van der Waals surface area contributed by atoms with Gasteiger partial charge in [0.1, 0.15) is 5.75 Å². The van der Waals surface area contributed by atoms with Gasteiger partial charge in [0.15, 0.2) is 6.61 Å². The molecule has 0 aliphatic carbocycles. The summed E-state index contributed by atoms with van der Waals surface area (Å²) in [5.74, 6) is 0.485. The molecule has 1 aliphatic rings.